The monoisotopic (exact) mass is 405 g/mol. The molecule has 0 aromatic heterocycles. The maximum absolute atomic E-state index is 5.79. The Hall–Kier alpha value is -1.83. The normalized spacial score (nSPS) is 17.2. The lowest BCUT2D eigenvalue weighted by Crippen LogP contribution is -2.50. The van der Waals surface area contributed by atoms with Crippen molar-refractivity contribution in [3.05, 3.63) is 24.3 Å². The minimum Gasteiger partial charge on any atom is -0.493 e. The fraction of sp³-hybridized carbons (Fsp3) is 0.682. The Kier molecular flexibility index (Phi) is 10.8. The SMILES string of the molecule is CCNC(=NCC(C)N1CCN(CC)CC1)Nc1cccc(OCCCOC)c1. The molecule has 164 valence electrons. The van der Waals surface area contributed by atoms with Crippen LogP contribution in [0, 0.1) is 0 Å². The fourth-order valence-electron chi connectivity index (χ4n) is 3.36. The van der Waals surface area contributed by atoms with Gasteiger partial charge in [-0.15, -0.1) is 0 Å². The Morgan fingerprint density at radius 2 is 1.97 bits per heavy atom. The van der Waals surface area contributed by atoms with Crippen LogP contribution < -0.4 is 15.4 Å². The van der Waals surface area contributed by atoms with Crippen molar-refractivity contribution in [2.45, 2.75) is 33.2 Å². The molecule has 2 rings (SSSR count). The van der Waals surface area contributed by atoms with E-state index in [1.54, 1.807) is 7.11 Å². The van der Waals surface area contributed by atoms with Gasteiger partial charge in [-0.1, -0.05) is 13.0 Å². The third-order valence-electron chi connectivity index (χ3n) is 5.19. The molecule has 1 aliphatic heterocycles. The van der Waals surface area contributed by atoms with Gasteiger partial charge in [0.05, 0.1) is 13.2 Å². The van der Waals surface area contributed by atoms with Gasteiger partial charge in [-0.05, 0) is 32.5 Å². The molecule has 7 heteroatoms. The molecule has 1 aliphatic rings. The molecule has 0 bridgehead atoms. The van der Waals surface area contributed by atoms with Crippen LogP contribution in [0.2, 0.25) is 0 Å². The highest BCUT2D eigenvalue weighted by Crippen LogP contribution is 2.17. The number of likely N-dealkylation sites (N-methyl/N-ethyl adjacent to an activating group) is 1. The zero-order valence-corrected chi connectivity index (χ0v) is 18.6. The number of methoxy groups -OCH3 is 1. The Bertz CT molecular complexity index is 603. The van der Waals surface area contributed by atoms with E-state index in [0.29, 0.717) is 19.3 Å². The molecule has 0 spiro atoms. The van der Waals surface area contributed by atoms with Crippen LogP contribution in [0.25, 0.3) is 0 Å². The molecule has 1 aromatic rings. The zero-order chi connectivity index (χ0) is 20.9. The van der Waals surface area contributed by atoms with Gasteiger partial charge in [0, 0.05) is 70.7 Å². The van der Waals surface area contributed by atoms with Gasteiger partial charge in [0.1, 0.15) is 5.75 Å². The predicted octanol–water partition coefficient (Wildman–Crippen LogP) is 2.51. The van der Waals surface area contributed by atoms with Crippen LogP contribution in [-0.4, -0.2) is 87.9 Å². The molecule has 0 saturated carbocycles. The first kappa shape index (κ1) is 23.4. The van der Waals surface area contributed by atoms with Crippen molar-refractivity contribution in [1.29, 1.82) is 0 Å². The average Bonchev–Trinajstić information content (AvgIpc) is 2.75. The number of nitrogens with zero attached hydrogens (tertiary/aromatic N) is 3. The summed E-state index contributed by atoms with van der Waals surface area (Å²) in [6, 6.07) is 8.43. The van der Waals surface area contributed by atoms with Crippen molar-refractivity contribution in [3.63, 3.8) is 0 Å². The van der Waals surface area contributed by atoms with Crippen LogP contribution in [0.15, 0.2) is 29.3 Å². The van der Waals surface area contributed by atoms with Crippen LogP contribution in [0.3, 0.4) is 0 Å². The van der Waals surface area contributed by atoms with E-state index in [1.165, 1.54) is 0 Å². The van der Waals surface area contributed by atoms with E-state index < -0.39 is 0 Å². The minimum atomic E-state index is 0.430. The van der Waals surface area contributed by atoms with Crippen LogP contribution in [0.4, 0.5) is 5.69 Å². The average molecular weight is 406 g/mol. The molecule has 7 nitrogen and oxygen atoms in total. The summed E-state index contributed by atoms with van der Waals surface area (Å²) in [5, 5.41) is 6.74. The highest BCUT2D eigenvalue weighted by molar-refractivity contribution is 5.93. The van der Waals surface area contributed by atoms with Crippen LogP contribution in [0.1, 0.15) is 27.2 Å². The summed E-state index contributed by atoms with van der Waals surface area (Å²) in [4.78, 5) is 9.86. The molecule has 1 heterocycles. The molecule has 0 aliphatic carbocycles. The summed E-state index contributed by atoms with van der Waals surface area (Å²) in [5.74, 6) is 1.66. The number of hydrogen-bond donors (Lipinski definition) is 2. The summed E-state index contributed by atoms with van der Waals surface area (Å²) >= 11 is 0. The van der Waals surface area contributed by atoms with Gasteiger partial charge in [-0.25, -0.2) is 0 Å². The van der Waals surface area contributed by atoms with Crippen molar-refractivity contribution in [3.8, 4) is 5.75 Å². The number of guanidine groups is 1. The van der Waals surface area contributed by atoms with E-state index in [-0.39, 0.29) is 0 Å². The van der Waals surface area contributed by atoms with Crippen molar-refractivity contribution in [1.82, 2.24) is 15.1 Å². The Morgan fingerprint density at radius 3 is 2.66 bits per heavy atom. The first-order chi connectivity index (χ1) is 14.2. The van der Waals surface area contributed by atoms with Crippen molar-refractivity contribution < 1.29 is 9.47 Å². The molecule has 0 amide bonds. The number of benzene rings is 1. The molecule has 1 unspecified atom stereocenters. The maximum atomic E-state index is 5.79. The highest BCUT2D eigenvalue weighted by Gasteiger charge is 2.19. The van der Waals surface area contributed by atoms with Gasteiger partial charge in [-0.3, -0.25) is 9.89 Å². The lowest BCUT2D eigenvalue weighted by atomic mass is 10.2. The lowest BCUT2D eigenvalue weighted by molar-refractivity contribution is 0.109. The summed E-state index contributed by atoms with van der Waals surface area (Å²) < 4.78 is 10.9. The first-order valence-corrected chi connectivity index (χ1v) is 10.9. The second-order valence-electron chi connectivity index (χ2n) is 7.39. The van der Waals surface area contributed by atoms with Gasteiger partial charge >= 0.3 is 0 Å². The van der Waals surface area contributed by atoms with Gasteiger partial charge < -0.3 is 25.0 Å². The minimum absolute atomic E-state index is 0.430. The number of aliphatic imine (C=N–C) groups is 1. The summed E-state index contributed by atoms with van der Waals surface area (Å²) in [5.41, 5.74) is 0.971. The molecule has 0 radical (unpaired) electrons. The number of hydrogen-bond acceptors (Lipinski definition) is 5. The van der Waals surface area contributed by atoms with Gasteiger partial charge in [0.15, 0.2) is 5.96 Å². The second-order valence-corrected chi connectivity index (χ2v) is 7.39. The van der Waals surface area contributed by atoms with E-state index in [1.807, 2.05) is 24.3 Å². The molecule has 1 saturated heterocycles. The van der Waals surface area contributed by atoms with Gasteiger partial charge in [0.25, 0.3) is 0 Å². The highest BCUT2D eigenvalue weighted by atomic mass is 16.5. The molecular weight excluding hydrogens is 366 g/mol. The maximum Gasteiger partial charge on any atom is 0.195 e. The smallest absolute Gasteiger partial charge is 0.195 e. The third-order valence-corrected chi connectivity index (χ3v) is 5.19. The van der Waals surface area contributed by atoms with E-state index in [9.17, 15) is 0 Å². The molecule has 1 fully saturated rings. The summed E-state index contributed by atoms with van der Waals surface area (Å²) in [6.45, 7) is 15.2. The van der Waals surface area contributed by atoms with Crippen LogP contribution in [-0.2, 0) is 4.74 Å². The molecule has 29 heavy (non-hydrogen) atoms. The van der Waals surface area contributed by atoms with E-state index in [4.69, 9.17) is 14.5 Å². The summed E-state index contributed by atoms with van der Waals surface area (Å²) in [7, 11) is 1.71. The van der Waals surface area contributed by atoms with Crippen molar-refractivity contribution in [2.24, 2.45) is 4.99 Å². The number of ether oxygens (including phenoxy) is 2. The number of piperazine rings is 1. The summed E-state index contributed by atoms with van der Waals surface area (Å²) in [6.07, 6.45) is 0.878. The topological polar surface area (TPSA) is 61.4 Å². The number of anilines is 1. The Morgan fingerprint density at radius 1 is 1.17 bits per heavy atom. The third kappa shape index (κ3) is 8.60. The quantitative estimate of drug-likeness (QED) is 0.335. The standard InChI is InChI=1S/C22H39N5O2/c1-5-23-22(24-18-19(3)27-13-11-26(6-2)12-14-27)25-20-9-7-10-21(17-20)29-16-8-15-28-4/h7,9-10,17,19H,5-6,8,11-16,18H2,1-4H3,(H2,23,24,25). The van der Waals surface area contributed by atoms with Crippen LogP contribution >= 0.6 is 0 Å². The second kappa shape index (κ2) is 13.4. The predicted molar refractivity (Wildman–Crippen MR) is 121 cm³/mol. The van der Waals surface area contributed by atoms with Crippen molar-refractivity contribution in [2.75, 3.05) is 71.5 Å². The van der Waals surface area contributed by atoms with E-state index in [0.717, 1.165) is 69.6 Å². The van der Waals surface area contributed by atoms with E-state index >= 15 is 0 Å². The van der Waals surface area contributed by atoms with E-state index in [2.05, 4.69) is 41.2 Å². The number of nitrogens with one attached hydrogen (secondary N) is 2. The molecule has 1 atom stereocenters. The van der Waals surface area contributed by atoms with Crippen LogP contribution in [0.5, 0.6) is 5.75 Å². The largest absolute Gasteiger partial charge is 0.493 e. The fourth-order valence-corrected chi connectivity index (χ4v) is 3.36. The lowest BCUT2D eigenvalue weighted by Gasteiger charge is -2.37. The zero-order valence-electron chi connectivity index (χ0n) is 18.6. The Labute approximate surface area is 176 Å². The number of rotatable bonds is 11. The van der Waals surface area contributed by atoms with Gasteiger partial charge in [-0.2, -0.15) is 0 Å². The molecular formula is C22H39N5O2. The molecule has 2 N–H and O–H groups in total. The first-order valence-electron chi connectivity index (χ1n) is 10.9. The van der Waals surface area contributed by atoms with Crippen molar-refractivity contribution >= 4 is 11.6 Å². The molecule has 1 aromatic carbocycles. The Balaban J connectivity index is 1.88. The van der Waals surface area contributed by atoms with Gasteiger partial charge in [0.2, 0.25) is 0 Å².